The third-order valence-electron chi connectivity index (χ3n) is 3.60. The summed E-state index contributed by atoms with van der Waals surface area (Å²) in [5.74, 6) is -1.23. The second kappa shape index (κ2) is 8.55. The van der Waals surface area contributed by atoms with E-state index in [1.54, 1.807) is 42.5 Å². The number of hydrogen-bond acceptors (Lipinski definition) is 4. The first-order valence-corrected chi connectivity index (χ1v) is 9.25. The third kappa shape index (κ3) is 5.81. The molecule has 2 aromatic carbocycles. The Hall–Kier alpha value is -2.51. The molecule has 0 saturated carbocycles. The van der Waals surface area contributed by atoms with Crippen LogP contribution in [-0.4, -0.2) is 31.8 Å². The Morgan fingerprint density at radius 1 is 0.920 bits per heavy atom. The molecule has 6 nitrogen and oxygen atoms in total. The third-order valence-corrected chi connectivity index (χ3v) is 5.08. The van der Waals surface area contributed by atoms with Gasteiger partial charge in [-0.3, -0.25) is 9.59 Å². The first-order chi connectivity index (χ1) is 11.9. The standard InChI is InChI=1S/C18H19NO5S/c20-17(10-11-18(21)22)15-8-6-14(7-9-15)12-13-19-25(23,24)16-4-2-1-3-5-16/h1-9,19H,10-13H2,(H,21,22). The molecule has 0 bridgehead atoms. The van der Waals surface area contributed by atoms with Crippen LogP contribution in [0.25, 0.3) is 0 Å². The molecule has 25 heavy (non-hydrogen) atoms. The van der Waals surface area contributed by atoms with Gasteiger partial charge in [0.15, 0.2) is 5.78 Å². The van der Waals surface area contributed by atoms with Crippen molar-refractivity contribution in [3.63, 3.8) is 0 Å². The smallest absolute Gasteiger partial charge is 0.303 e. The van der Waals surface area contributed by atoms with Crippen molar-refractivity contribution in [2.75, 3.05) is 6.54 Å². The quantitative estimate of drug-likeness (QED) is 0.667. The van der Waals surface area contributed by atoms with Crippen LogP contribution in [0.5, 0.6) is 0 Å². The van der Waals surface area contributed by atoms with Crippen molar-refractivity contribution in [1.82, 2.24) is 4.72 Å². The van der Waals surface area contributed by atoms with Crippen molar-refractivity contribution >= 4 is 21.8 Å². The Morgan fingerprint density at radius 3 is 2.16 bits per heavy atom. The second-order valence-corrected chi connectivity index (χ2v) is 7.24. The molecule has 0 heterocycles. The first kappa shape index (κ1) is 18.8. The molecule has 0 saturated heterocycles. The van der Waals surface area contributed by atoms with E-state index < -0.39 is 16.0 Å². The van der Waals surface area contributed by atoms with E-state index in [0.29, 0.717) is 12.0 Å². The van der Waals surface area contributed by atoms with Gasteiger partial charge in [-0.05, 0) is 24.1 Å². The van der Waals surface area contributed by atoms with Gasteiger partial charge in [0, 0.05) is 18.5 Å². The number of carbonyl (C=O) groups excluding carboxylic acids is 1. The van der Waals surface area contributed by atoms with Crippen LogP contribution >= 0.6 is 0 Å². The van der Waals surface area contributed by atoms with E-state index in [2.05, 4.69) is 4.72 Å². The summed E-state index contributed by atoms with van der Waals surface area (Å²) in [5.41, 5.74) is 1.33. The molecule has 0 unspecified atom stereocenters. The summed E-state index contributed by atoms with van der Waals surface area (Å²) < 4.78 is 26.7. The van der Waals surface area contributed by atoms with Gasteiger partial charge in [0.1, 0.15) is 0 Å². The van der Waals surface area contributed by atoms with Gasteiger partial charge in [0.25, 0.3) is 0 Å². The van der Waals surface area contributed by atoms with Crippen LogP contribution in [0.3, 0.4) is 0 Å². The van der Waals surface area contributed by atoms with E-state index in [0.717, 1.165) is 5.56 Å². The van der Waals surface area contributed by atoms with E-state index in [1.165, 1.54) is 12.1 Å². The van der Waals surface area contributed by atoms with Crippen LogP contribution in [0.2, 0.25) is 0 Å². The summed E-state index contributed by atoms with van der Waals surface area (Å²) in [7, 11) is -3.53. The lowest BCUT2D eigenvalue weighted by Gasteiger charge is -2.07. The fourth-order valence-electron chi connectivity index (χ4n) is 2.23. The minimum absolute atomic E-state index is 0.0362. The lowest BCUT2D eigenvalue weighted by Crippen LogP contribution is -2.25. The Bertz CT molecular complexity index is 830. The van der Waals surface area contributed by atoms with Gasteiger partial charge < -0.3 is 5.11 Å². The van der Waals surface area contributed by atoms with Crippen molar-refractivity contribution in [3.05, 3.63) is 65.7 Å². The largest absolute Gasteiger partial charge is 0.481 e. The molecule has 0 amide bonds. The molecule has 0 atom stereocenters. The highest BCUT2D eigenvalue weighted by Gasteiger charge is 2.12. The molecule has 132 valence electrons. The second-order valence-electron chi connectivity index (χ2n) is 5.47. The molecule has 2 rings (SSSR count). The average Bonchev–Trinajstić information content (AvgIpc) is 2.61. The topological polar surface area (TPSA) is 101 Å². The summed E-state index contributed by atoms with van der Waals surface area (Å²) in [6.45, 7) is 0.240. The highest BCUT2D eigenvalue weighted by atomic mass is 32.2. The first-order valence-electron chi connectivity index (χ1n) is 7.77. The molecule has 0 radical (unpaired) electrons. The molecule has 7 heteroatoms. The van der Waals surface area contributed by atoms with E-state index in [-0.39, 0.29) is 30.1 Å². The lowest BCUT2D eigenvalue weighted by atomic mass is 10.0. The van der Waals surface area contributed by atoms with Gasteiger partial charge in [-0.1, -0.05) is 42.5 Å². The predicted molar refractivity (Wildman–Crippen MR) is 93.0 cm³/mol. The maximum absolute atomic E-state index is 12.1. The van der Waals surface area contributed by atoms with E-state index >= 15 is 0 Å². The minimum Gasteiger partial charge on any atom is -0.481 e. The molecule has 0 aromatic heterocycles. The Kier molecular flexibility index (Phi) is 6.44. The number of carbonyl (C=O) groups is 2. The van der Waals surface area contributed by atoms with Crippen molar-refractivity contribution in [1.29, 1.82) is 0 Å². The van der Waals surface area contributed by atoms with Crippen molar-refractivity contribution in [2.24, 2.45) is 0 Å². The van der Waals surface area contributed by atoms with Crippen molar-refractivity contribution in [3.8, 4) is 0 Å². The fourth-order valence-corrected chi connectivity index (χ4v) is 3.29. The molecule has 0 aliphatic carbocycles. The summed E-state index contributed by atoms with van der Waals surface area (Å²) >= 11 is 0. The van der Waals surface area contributed by atoms with Gasteiger partial charge in [-0.2, -0.15) is 0 Å². The molecule has 0 aliphatic rings. The Balaban J connectivity index is 1.87. The highest BCUT2D eigenvalue weighted by Crippen LogP contribution is 2.10. The minimum atomic E-state index is -3.53. The number of sulfonamides is 1. The summed E-state index contributed by atoms with van der Waals surface area (Å²) in [4.78, 5) is 22.5. The van der Waals surface area contributed by atoms with Crippen LogP contribution < -0.4 is 4.72 Å². The zero-order chi connectivity index (χ0) is 18.3. The predicted octanol–water partition coefficient (Wildman–Crippen LogP) is 2.26. The lowest BCUT2D eigenvalue weighted by molar-refractivity contribution is -0.136. The van der Waals surface area contributed by atoms with E-state index in [1.807, 2.05) is 0 Å². The molecular formula is C18H19NO5S. The number of nitrogens with one attached hydrogen (secondary N) is 1. The van der Waals surface area contributed by atoms with E-state index in [4.69, 9.17) is 5.11 Å². The van der Waals surface area contributed by atoms with E-state index in [9.17, 15) is 18.0 Å². The van der Waals surface area contributed by atoms with Gasteiger partial charge in [0.05, 0.1) is 11.3 Å². The maximum atomic E-state index is 12.1. The maximum Gasteiger partial charge on any atom is 0.303 e. The number of Topliss-reactive ketones (excluding diaryl/α,β-unsaturated/α-hetero) is 1. The van der Waals surface area contributed by atoms with Crippen LogP contribution in [0.15, 0.2) is 59.5 Å². The van der Waals surface area contributed by atoms with Gasteiger partial charge in [-0.15, -0.1) is 0 Å². The average molecular weight is 361 g/mol. The summed E-state index contributed by atoms with van der Waals surface area (Å²) in [6.07, 6.45) is 0.253. The molecule has 0 spiro atoms. The Labute approximate surface area is 146 Å². The number of rotatable bonds is 9. The van der Waals surface area contributed by atoms with Gasteiger partial charge >= 0.3 is 5.97 Å². The van der Waals surface area contributed by atoms with Crippen LogP contribution in [0.1, 0.15) is 28.8 Å². The van der Waals surface area contributed by atoms with Gasteiger partial charge in [-0.25, -0.2) is 13.1 Å². The van der Waals surface area contributed by atoms with Crippen molar-refractivity contribution in [2.45, 2.75) is 24.2 Å². The highest BCUT2D eigenvalue weighted by molar-refractivity contribution is 7.89. The van der Waals surface area contributed by atoms with Crippen LogP contribution in [0, 0.1) is 0 Å². The number of hydrogen-bond donors (Lipinski definition) is 2. The zero-order valence-corrected chi connectivity index (χ0v) is 14.3. The zero-order valence-electron chi connectivity index (χ0n) is 13.5. The van der Waals surface area contributed by atoms with Crippen molar-refractivity contribution < 1.29 is 23.1 Å². The molecule has 0 aliphatic heterocycles. The van der Waals surface area contributed by atoms with Crippen LogP contribution in [-0.2, 0) is 21.2 Å². The number of aliphatic carboxylic acids is 1. The number of benzene rings is 2. The molecule has 2 N–H and O–H groups in total. The number of carboxylic acid groups (broad SMARTS) is 1. The molecule has 2 aromatic rings. The SMILES string of the molecule is O=C(O)CCC(=O)c1ccc(CCNS(=O)(=O)c2ccccc2)cc1. The monoisotopic (exact) mass is 361 g/mol. The fraction of sp³-hybridized carbons (Fsp3) is 0.222. The Morgan fingerprint density at radius 2 is 1.56 bits per heavy atom. The molecular weight excluding hydrogens is 342 g/mol. The number of carboxylic acids is 1. The van der Waals surface area contributed by atoms with Gasteiger partial charge in [0.2, 0.25) is 10.0 Å². The summed E-state index contributed by atoms with van der Waals surface area (Å²) in [6, 6.07) is 14.9. The van der Waals surface area contributed by atoms with Crippen LogP contribution in [0.4, 0.5) is 0 Å². The molecule has 0 fully saturated rings. The number of ketones is 1. The summed E-state index contributed by atoms with van der Waals surface area (Å²) in [5, 5.41) is 8.59. The normalized spacial score (nSPS) is 11.2.